The Hall–Kier alpha value is -0.610. The van der Waals surface area contributed by atoms with Gasteiger partial charge in [0.1, 0.15) is 0 Å². The Kier molecular flexibility index (Phi) is 6.30. The summed E-state index contributed by atoms with van der Waals surface area (Å²) < 4.78 is 0. The highest BCUT2D eigenvalue weighted by Crippen LogP contribution is 2.16. The first-order valence-electron chi connectivity index (χ1n) is 8.36. The first-order valence-corrected chi connectivity index (χ1v) is 8.36. The number of likely N-dealkylation sites (tertiary alicyclic amines) is 2. The molecule has 116 valence electrons. The van der Waals surface area contributed by atoms with E-state index in [0.29, 0.717) is 6.04 Å². The Morgan fingerprint density at radius 3 is 2.35 bits per heavy atom. The Morgan fingerprint density at radius 1 is 1.10 bits per heavy atom. The van der Waals surface area contributed by atoms with Crippen LogP contribution in [0.15, 0.2) is 0 Å². The van der Waals surface area contributed by atoms with Crippen molar-refractivity contribution in [2.75, 3.05) is 39.3 Å². The molecule has 0 atom stereocenters. The lowest BCUT2D eigenvalue weighted by Crippen LogP contribution is -2.44. The van der Waals surface area contributed by atoms with Gasteiger partial charge in [-0.05, 0) is 64.2 Å². The van der Waals surface area contributed by atoms with Crippen molar-refractivity contribution in [1.82, 2.24) is 15.1 Å². The third kappa shape index (κ3) is 5.06. The predicted octanol–water partition coefficient (Wildman–Crippen LogP) is 1.71. The zero-order valence-corrected chi connectivity index (χ0v) is 13.2. The number of piperidine rings is 2. The van der Waals surface area contributed by atoms with Gasteiger partial charge in [-0.25, -0.2) is 0 Å². The van der Waals surface area contributed by atoms with Gasteiger partial charge in [-0.15, -0.1) is 0 Å². The second-order valence-electron chi connectivity index (χ2n) is 6.61. The van der Waals surface area contributed by atoms with Gasteiger partial charge < -0.3 is 15.1 Å². The van der Waals surface area contributed by atoms with Crippen LogP contribution >= 0.6 is 0 Å². The lowest BCUT2D eigenvalue weighted by molar-refractivity contribution is -0.129. The third-order valence-electron chi connectivity index (χ3n) is 4.90. The monoisotopic (exact) mass is 281 g/mol. The maximum Gasteiger partial charge on any atom is 0.219 e. The van der Waals surface area contributed by atoms with Crippen LogP contribution in [0.3, 0.4) is 0 Å². The van der Waals surface area contributed by atoms with Crippen molar-refractivity contribution in [2.24, 2.45) is 5.92 Å². The lowest BCUT2D eigenvalue weighted by atomic mass is 9.99. The summed E-state index contributed by atoms with van der Waals surface area (Å²) in [6, 6.07) is 0.618. The van der Waals surface area contributed by atoms with Gasteiger partial charge in [-0.2, -0.15) is 0 Å². The molecule has 0 aliphatic carbocycles. The summed E-state index contributed by atoms with van der Waals surface area (Å²) in [5.41, 5.74) is 0. The number of carbonyl (C=O) groups is 1. The van der Waals surface area contributed by atoms with E-state index in [1.807, 2.05) is 4.90 Å². The van der Waals surface area contributed by atoms with Gasteiger partial charge in [-0.3, -0.25) is 4.79 Å². The van der Waals surface area contributed by atoms with E-state index >= 15 is 0 Å². The SMILES string of the molecule is CC(=O)N1CCC(NCCCN2CCC(C)CC2)CC1. The zero-order valence-electron chi connectivity index (χ0n) is 13.2. The number of hydrogen-bond donors (Lipinski definition) is 1. The first-order chi connectivity index (χ1) is 9.65. The first kappa shape index (κ1) is 15.8. The van der Waals surface area contributed by atoms with Crippen molar-refractivity contribution in [3.8, 4) is 0 Å². The minimum absolute atomic E-state index is 0.225. The molecule has 4 heteroatoms. The van der Waals surface area contributed by atoms with Crippen LogP contribution in [-0.2, 0) is 4.79 Å². The van der Waals surface area contributed by atoms with Gasteiger partial charge >= 0.3 is 0 Å². The van der Waals surface area contributed by atoms with Crippen molar-refractivity contribution < 1.29 is 4.79 Å². The smallest absolute Gasteiger partial charge is 0.219 e. The topological polar surface area (TPSA) is 35.6 Å². The van der Waals surface area contributed by atoms with Gasteiger partial charge in [0, 0.05) is 26.1 Å². The molecule has 2 aliphatic heterocycles. The van der Waals surface area contributed by atoms with Gasteiger partial charge in [-0.1, -0.05) is 6.92 Å². The van der Waals surface area contributed by atoms with Crippen LogP contribution in [0.4, 0.5) is 0 Å². The molecule has 2 fully saturated rings. The number of nitrogens with one attached hydrogen (secondary N) is 1. The van der Waals surface area contributed by atoms with Crippen molar-refractivity contribution in [2.45, 2.75) is 52.0 Å². The molecule has 2 saturated heterocycles. The molecule has 0 radical (unpaired) electrons. The molecule has 0 unspecified atom stereocenters. The quantitative estimate of drug-likeness (QED) is 0.779. The van der Waals surface area contributed by atoms with Gasteiger partial charge in [0.2, 0.25) is 5.91 Å². The molecule has 1 N–H and O–H groups in total. The van der Waals surface area contributed by atoms with E-state index in [4.69, 9.17) is 0 Å². The van der Waals surface area contributed by atoms with Gasteiger partial charge in [0.25, 0.3) is 0 Å². The summed E-state index contributed by atoms with van der Waals surface area (Å²) in [6.07, 6.45) is 6.22. The fraction of sp³-hybridized carbons (Fsp3) is 0.938. The zero-order chi connectivity index (χ0) is 14.4. The molecule has 0 spiro atoms. The molecular formula is C16H31N3O. The fourth-order valence-electron chi connectivity index (χ4n) is 3.29. The van der Waals surface area contributed by atoms with Crippen LogP contribution in [0, 0.1) is 5.92 Å². The summed E-state index contributed by atoms with van der Waals surface area (Å²) >= 11 is 0. The normalized spacial score (nSPS) is 23.2. The van der Waals surface area contributed by atoms with Crippen molar-refractivity contribution in [3.05, 3.63) is 0 Å². The van der Waals surface area contributed by atoms with E-state index in [2.05, 4.69) is 17.1 Å². The molecular weight excluding hydrogens is 250 g/mol. The maximum atomic E-state index is 11.3. The average Bonchev–Trinajstić information content (AvgIpc) is 2.46. The minimum atomic E-state index is 0.225. The van der Waals surface area contributed by atoms with Crippen LogP contribution < -0.4 is 5.32 Å². The number of nitrogens with zero attached hydrogens (tertiary/aromatic N) is 2. The van der Waals surface area contributed by atoms with E-state index in [0.717, 1.165) is 38.4 Å². The number of hydrogen-bond acceptors (Lipinski definition) is 3. The molecule has 0 aromatic heterocycles. The third-order valence-corrected chi connectivity index (χ3v) is 4.90. The van der Waals surface area contributed by atoms with Crippen LogP contribution in [0.5, 0.6) is 0 Å². The number of amides is 1. The molecule has 0 aromatic carbocycles. The summed E-state index contributed by atoms with van der Waals surface area (Å²) in [6.45, 7) is 10.8. The van der Waals surface area contributed by atoms with E-state index in [-0.39, 0.29) is 5.91 Å². The highest BCUT2D eigenvalue weighted by Gasteiger charge is 2.20. The molecule has 4 nitrogen and oxygen atoms in total. The van der Waals surface area contributed by atoms with Gasteiger partial charge in [0.05, 0.1) is 0 Å². The standard InChI is InChI=1S/C16H31N3O/c1-14-4-10-18(11-5-14)9-3-8-17-16-6-12-19(13-7-16)15(2)20/h14,16-17H,3-13H2,1-2H3. The largest absolute Gasteiger partial charge is 0.343 e. The van der Waals surface area contributed by atoms with Crippen LogP contribution in [0.2, 0.25) is 0 Å². The maximum absolute atomic E-state index is 11.3. The average molecular weight is 281 g/mol. The molecule has 2 aliphatic rings. The molecule has 20 heavy (non-hydrogen) atoms. The highest BCUT2D eigenvalue weighted by atomic mass is 16.2. The number of carbonyl (C=O) groups excluding carboxylic acids is 1. The van der Waals surface area contributed by atoms with Crippen molar-refractivity contribution in [1.29, 1.82) is 0 Å². The Morgan fingerprint density at radius 2 is 1.75 bits per heavy atom. The molecule has 1 amide bonds. The van der Waals surface area contributed by atoms with Crippen LogP contribution in [0.1, 0.15) is 46.0 Å². The van der Waals surface area contributed by atoms with E-state index in [1.54, 1.807) is 6.92 Å². The van der Waals surface area contributed by atoms with E-state index in [1.165, 1.54) is 38.9 Å². The second kappa shape index (κ2) is 7.99. The lowest BCUT2D eigenvalue weighted by Gasteiger charge is -2.32. The van der Waals surface area contributed by atoms with E-state index in [9.17, 15) is 4.79 Å². The summed E-state index contributed by atoms with van der Waals surface area (Å²) in [4.78, 5) is 15.8. The molecule has 0 bridgehead atoms. The minimum Gasteiger partial charge on any atom is -0.343 e. The van der Waals surface area contributed by atoms with Crippen molar-refractivity contribution in [3.63, 3.8) is 0 Å². The highest BCUT2D eigenvalue weighted by molar-refractivity contribution is 5.73. The second-order valence-corrected chi connectivity index (χ2v) is 6.61. The Labute approximate surface area is 123 Å². The Balaban J connectivity index is 1.50. The molecule has 2 rings (SSSR count). The Bertz CT molecular complexity index is 292. The molecule has 0 aromatic rings. The summed E-state index contributed by atoms with van der Waals surface area (Å²) in [7, 11) is 0. The molecule has 2 heterocycles. The van der Waals surface area contributed by atoms with Crippen LogP contribution in [-0.4, -0.2) is 61.0 Å². The van der Waals surface area contributed by atoms with Gasteiger partial charge in [0.15, 0.2) is 0 Å². The van der Waals surface area contributed by atoms with E-state index < -0.39 is 0 Å². The summed E-state index contributed by atoms with van der Waals surface area (Å²) in [5, 5.41) is 3.66. The molecule has 0 saturated carbocycles. The van der Waals surface area contributed by atoms with Crippen LogP contribution in [0.25, 0.3) is 0 Å². The van der Waals surface area contributed by atoms with Crippen molar-refractivity contribution >= 4 is 5.91 Å². The predicted molar refractivity (Wildman–Crippen MR) is 82.7 cm³/mol. The summed E-state index contributed by atoms with van der Waals surface area (Å²) in [5.74, 6) is 1.15. The number of rotatable bonds is 5. The fourth-order valence-corrected chi connectivity index (χ4v) is 3.29.